The van der Waals surface area contributed by atoms with E-state index in [0.29, 0.717) is 12.1 Å². The van der Waals surface area contributed by atoms with Gasteiger partial charge >= 0.3 is 0 Å². The van der Waals surface area contributed by atoms with Crippen LogP contribution in [0.4, 0.5) is 4.39 Å². The van der Waals surface area contributed by atoms with Crippen molar-refractivity contribution in [1.29, 1.82) is 0 Å². The fourth-order valence-corrected chi connectivity index (χ4v) is 1.70. The van der Waals surface area contributed by atoms with Crippen molar-refractivity contribution in [2.24, 2.45) is 5.16 Å². The molecule has 0 aliphatic heterocycles. The van der Waals surface area contributed by atoms with E-state index in [1.54, 1.807) is 12.1 Å². The van der Waals surface area contributed by atoms with Crippen molar-refractivity contribution in [3.05, 3.63) is 71.0 Å². The van der Waals surface area contributed by atoms with E-state index >= 15 is 0 Å². The second-order valence-corrected chi connectivity index (χ2v) is 4.82. The third-order valence-electron chi connectivity index (χ3n) is 2.95. The molecule has 0 saturated heterocycles. The Morgan fingerprint density at radius 1 is 1.18 bits per heavy atom. The monoisotopic (exact) mass is 300 g/mol. The summed E-state index contributed by atoms with van der Waals surface area (Å²) in [6.45, 7) is 2.29. The molecular formula is C17H17FN2O2. The minimum absolute atomic E-state index is 0.163. The molecule has 0 fully saturated rings. The molecule has 2 aromatic rings. The first-order chi connectivity index (χ1) is 10.6. The molecule has 0 saturated carbocycles. The third kappa shape index (κ3) is 5.36. The van der Waals surface area contributed by atoms with E-state index in [1.807, 2.05) is 31.2 Å². The number of aryl methyl sites for hydroxylation is 1. The third-order valence-corrected chi connectivity index (χ3v) is 2.95. The van der Waals surface area contributed by atoms with Crippen LogP contribution in [0.25, 0.3) is 0 Å². The van der Waals surface area contributed by atoms with Crippen LogP contribution in [-0.4, -0.2) is 18.7 Å². The second kappa shape index (κ2) is 7.93. The summed E-state index contributed by atoms with van der Waals surface area (Å²) in [6, 6.07) is 13.7. The molecule has 0 aliphatic rings. The average molecular weight is 300 g/mol. The predicted octanol–water partition coefficient (Wildman–Crippen LogP) is 2.80. The lowest BCUT2D eigenvalue weighted by Crippen LogP contribution is -2.26. The van der Waals surface area contributed by atoms with E-state index in [1.165, 1.54) is 23.9 Å². The van der Waals surface area contributed by atoms with Crippen LogP contribution >= 0.6 is 0 Å². The molecule has 0 spiro atoms. The summed E-state index contributed by atoms with van der Waals surface area (Å²) in [5.74, 6) is -0.564. The normalized spacial score (nSPS) is 10.6. The second-order valence-electron chi connectivity index (χ2n) is 4.82. The minimum Gasteiger partial charge on any atom is -0.386 e. The Labute approximate surface area is 128 Å². The molecule has 0 radical (unpaired) electrons. The van der Waals surface area contributed by atoms with Crippen LogP contribution < -0.4 is 5.32 Å². The highest BCUT2D eigenvalue weighted by molar-refractivity contribution is 5.79. The van der Waals surface area contributed by atoms with Gasteiger partial charge in [-0.15, -0.1) is 0 Å². The molecule has 4 nitrogen and oxygen atoms in total. The van der Waals surface area contributed by atoms with Gasteiger partial charge in [0, 0.05) is 6.54 Å². The quantitative estimate of drug-likeness (QED) is 0.659. The van der Waals surface area contributed by atoms with E-state index in [0.717, 1.165) is 5.56 Å². The summed E-state index contributed by atoms with van der Waals surface area (Å²) in [7, 11) is 0. The number of rotatable bonds is 6. The van der Waals surface area contributed by atoms with Gasteiger partial charge in [0.15, 0.2) is 6.61 Å². The minimum atomic E-state index is -0.312. The Morgan fingerprint density at radius 2 is 1.86 bits per heavy atom. The van der Waals surface area contributed by atoms with E-state index < -0.39 is 0 Å². The maximum Gasteiger partial charge on any atom is 0.261 e. The summed E-state index contributed by atoms with van der Waals surface area (Å²) >= 11 is 0. The first kappa shape index (κ1) is 15.7. The molecule has 22 heavy (non-hydrogen) atoms. The van der Waals surface area contributed by atoms with Gasteiger partial charge in [0.1, 0.15) is 5.82 Å². The van der Waals surface area contributed by atoms with Crippen molar-refractivity contribution in [3.63, 3.8) is 0 Å². The van der Waals surface area contributed by atoms with Crippen molar-refractivity contribution in [1.82, 2.24) is 5.32 Å². The van der Waals surface area contributed by atoms with Crippen LogP contribution in [0.5, 0.6) is 0 Å². The van der Waals surface area contributed by atoms with Gasteiger partial charge in [0.2, 0.25) is 0 Å². The van der Waals surface area contributed by atoms with E-state index in [2.05, 4.69) is 10.5 Å². The van der Waals surface area contributed by atoms with Gasteiger partial charge in [-0.2, -0.15) is 0 Å². The number of oxime groups is 1. The number of benzene rings is 2. The number of carbonyl (C=O) groups is 1. The molecule has 0 unspecified atom stereocenters. The zero-order valence-corrected chi connectivity index (χ0v) is 12.3. The maximum atomic E-state index is 12.7. The summed E-state index contributed by atoms with van der Waals surface area (Å²) in [4.78, 5) is 16.5. The molecule has 114 valence electrons. The molecule has 1 N–H and O–H groups in total. The molecule has 2 aromatic carbocycles. The number of nitrogens with zero attached hydrogens (tertiary/aromatic N) is 1. The van der Waals surface area contributed by atoms with Crippen LogP contribution in [0.1, 0.15) is 16.7 Å². The van der Waals surface area contributed by atoms with Crippen LogP contribution in [0.3, 0.4) is 0 Å². The maximum absolute atomic E-state index is 12.7. The van der Waals surface area contributed by atoms with Gasteiger partial charge in [-0.3, -0.25) is 4.79 Å². The molecule has 2 rings (SSSR count). The van der Waals surface area contributed by atoms with Gasteiger partial charge in [-0.1, -0.05) is 47.1 Å². The van der Waals surface area contributed by atoms with E-state index in [4.69, 9.17) is 4.84 Å². The summed E-state index contributed by atoms with van der Waals surface area (Å²) in [5, 5.41) is 6.41. The number of amides is 1. The van der Waals surface area contributed by atoms with Gasteiger partial charge in [-0.25, -0.2) is 4.39 Å². The van der Waals surface area contributed by atoms with Crippen molar-refractivity contribution in [2.45, 2.75) is 13.5 Å². The largest absolute Gasteiger partial charge is 0.386 e. The lowest BCUT2D eigenvalue weighted by atomic mass is 10.1. The van der Waals surface area contributed by atoms with Gasteiger partial charge < -0.3 is 10.2 Å². The lowest BCUT2D eigenvalue weighted by molar-refractivity contribution is -0.125. The topological polar surface area (TPSA) is 50.7 Å². The molecule has 1 amide bonds. The summed E-state index contributed by atoms with van der Waals surface area (Å²) in [5.41, 5.74) is 2.89. The van der Waals surface area contributed by atoms with Crippen LogP contribution in [0.2, 0.25) is 0 Å². The smallest absolute Gasteiger partial charge is 0.261 e. The highest BCUT2D eigenvalue weighted by atomic mass is 19.1. The average Bonchev–Trinajstić information content (AvgIpc) is 2.53. The first-order valence-corrected chi connectivity index (χ1v) is 6.86. The summed E-state index contributed by atoms with van der Waals surface area (Å²) in [6.07, 6.45) is 1.42. The van der Waals surface area contributed by atoms with Crippen molar-refractivity contribution in [2.75, 3.05) is 6.61 Å². The van der Waals surface area contributed by atoms with Crippen molar-refractivity contribution < 1.29 is 14.0 Å². The molecule has 0 atom stereocenters. The standard InChI is InChI=1S/C17H17FN2O2/c1-13-2-4-14(5-3-13)10-19-17(21)12-22-20-11-15-6-8-16(18)9-7-15/h2-9,11H,10,12H2,1H3,(H,19,21)/b20-11+. The van der Waals surface area contributed by atoms with Gasteiger partial charge in [0.05, 0.1) is 6.21 Å². The Kier molecular flexibility index (Phi) is 5.65. The van der Waals surface area contributed by atoms with Crippen LogP contribution in [0.15, 0.2) is 53.7 Å². The van der Waals surface area contributed by atoms with Crippen molar-refractivity contribution >= 4 is 12.1 Å². The lowest BCUT2D eigenvalue weighted by Gasteiger charge is -2.04. The number of hydrogen-bond acceptors (Lipinski definition) is 3. The number of hydrogen-bond donors (Lipinski definition) is 1. The van der Waals surface area contributed by atoms with Gasteiger partial charge in [-0.05, 0) is 30.2 Å². The highest BCUT2D eigenvalue weighted by Crippen LogP contribution is 2.02. The zero-order valence-electron chi connectivity index (χ0n) is 12.3. The fraction of sp³-hybridized carbons (Fsp3) is 0.176. The molecule has 0 bridgehead atoms. The zero-order chi connectivity index (χ0) is 15.8. The van der Waals surface area contributed by atoms with E-state index in [9.17, 15) is 9.18 Å². The molecular weight excluding hydrogens is 283 g/mol. The molecule has 5 heteroatoms. The molecule has 0 aromatic heterocycles. The Morgan fingerprint density at radius 3 is 2.55 bits per heavy atom. The SMILES string of the molecule is Cc1ccc(CNC(=O)CO/N=C/c2ccc(F)cc2)cc1. The Balaban J connectivity index is 1.69. The van der Waals surface area contributed by atoms with Crippen molar-refractivity contribution in [3.8, 4) is 0 Å². The van der Waals surface area contributed by atoms with Gasteiger partial charge in [0.25, 0.3) is 5.91 Å². The highest BCUT2D eigenvalue weighted by Gasteiger charge is 2.01. The number of halogens is 1. The molecule has 0 heterocycles. The fourth-order valence-electron chi connectivity index (χ4n) is 1.70. The van der Waals surface area contributed by atoms with E-state index in [-0.39, 0.29) is 18.3 Å². The Hall–Kier alpha value is -2.69. The Bertz CT molecular complexity index is 637. The molecule has 0 aliphatic carbocycles. The predicted molar refractivity (Wildman–Crippen MR) is 83.0 cm³/mol. The summed E-state index contributed by atoms with van der Waals surface area (Å²) < 4.78 is 12.7. The van der Waals surface area contributed by atoms with Crippen LogP contribution in [0, 0.1) is 12.7 Å². The number of carbonyl (C=O) groups excluding carboxylic acids is 1. The number of nitrogens with one attached hydrogen (secondary N) is 1. The van der Waals surface area contributed by atoms with Crippen LogP contribution in [-0.2, 0) is 16.2 Å². The first-order valence-electron chi connectivity index (χ1n) is 6.86.